The zero-order chi connectivity index (χ0) is 33.1. The van der Waals surface area contributed by atoms with Crippen LogP contribution in [0.2, 0.25) is 0 Å². The summed E-state index contributed by atoms with van der Waals surface area (Å²) in [6.07, 6.45) is -2.63. The molecule has 252 valence electrons. The molecular formula is C32H43N3O10S. The summed E-state index contributed by atoms with van der Waals surface area (Å²) in [5.41, 5.74) is 0.110. The zero-order valence-electron chi connectivity index (χ0n) is 26.5. The number of fused-ring (bicyclic) bond motifs is 1. The van der Waals surface area contributed by atoms with Gasteiger partial charge in [0.15, 0.2) is 6.29 Å². The predicted octanol–water partition coefficient (Wildman–Crippen LogP) is 2.77. The molecule has 0 radical (unpaired) electrons. The van der Waals surface area contributed by atoms with E-state index in [1.807, 2.05) is 30.3 Å². The fraction of sp³-hybridized carbons (Fsp3) is 0.562. The Bertz CT molecular complexity index is 1440. The van der Waals surface area contributed by atoms with Gasteiger partial charge in [-0.3, -0.25) is 0 Å². The summed E-state index contributed by atoms with van der Waals surface area (Å²) >= 11 is 0. The van der Waals surface area contributed by atoms with Gasteiger partial charge in [0.2, 0.25) is 10.0 Å². The lowest BCUT2D eigenvalue weighted by atomic mass is 10.0. The highest BCUT2D eigenvalue weighted by Gasteiger charge is 2.45. The Balaban J connectivity index is 1.35. The molecule has 3 aliphatic rings. The summed E-state index contributed by atoms with van der Waals surface area (Å²) in [6.45, 7) is 5.78. The summed E-state index contributed by atoms with van der Waals surface area (Å²) in [5.74, 6) is 0.416. The number of methoxy groups -OCH3 is 1. The molecule has 5 rings (SSSR count). The van der Waals surface area contributed by atoms with Crippen LogP contribution < -0.4 is 10.1 Å². The number of likely N-dealkylation sites (tertiary alicyclic amines) is 1. The van der Waals surface area contributed by atoms with Crippen molar-refractivity contribution in [1.29, 1.82) is 0 Å². The van der Waals surface area contributed by atoms with Crippen molar-refractivity contribution in [3.63, 3.8) is 0 Å². The number of hydrogen-bond donors (Lipinski definition) is 2. The monoisotopic (exact) mass is 661 g/mol. The Hall–Kier alpha value is -3.43. The Morgan fingerprint density at radius 2 is 1.78 bits per heavy atom. The van der Waals surface area contributed by atoms with Crippen molar-refractivity contribution < 1.29 is 46.8 Å². The van der Waals surface area contributed by atoms with Gasteiger partial charge in [0, 0.05) is 19.6 Å². The van der Waals surface area contributed by atoms with E-state index in [0.29, 0.717) is 18.8 Å². The molecule has 46 heavy (non-hydrogen) atoms. The molecule has 2 amide bonds. The third-order valence-electron chi connectivity index (χ3n) is 8.26. The van der Waals surface area contributed by atoms with Gasteiger partial charge in [-0.05, 0) is 63.4 Å². The number of sulfonamides is 1. The lowest BCUT2D eigenvalue weighted by molar-refractivity contribution is -0.0907. The molecule has 3 fully saturated rings. The smallest absolute Gasteiger partial charge is 0.410 e. The number of carbonyl (C=O) groups is 2. The third kappa shape index (κ3) is 8.10. The number of ether oxygens (including phenoxy) is 5. The van der Waals surface area contributed by atoms with Crippen LogP contribution in [0.15, 0.2) is 59.5 Å². The van der Waals surface area contributed by atoms with Gasteiger partial charge in [0.05, 0.1) is 49.3 Å². The SMILES string of the molecule is COc1ccc(S(=O)(=O)N(C[C@@H](O)[C@H](Cc2ccccc2)NC(=O)OC2CO[C@H]3OCCC23)C2CN(C(=O)OC(C)(C)C)C2)cc1. The fourth-order valence-corrected chi connectivity index (χ4v) is 7.40. The first kappa shape index (κ1) is 33.9. The average molecular weight is 662 g/mol. The van der Waals surface area contributed by atoms with Gasteiger partial charge >= 0.3 is 12.2 Å². The lowest BCUT2D eigenvalue weighted by Gasteiger charge is -2.45. The van der Waals surface area contributed by atoms with Crippen molar-refractivity contribution in [2.75, 3.05) is 40.0 Å². The second-order valence-electron chi connectivity index (χ2n) is 12.8. The van der Waals surface area contributed by atoms with E-state index in [4.69, 9.17) is 23.7 Å². The quantitative estimate of drug-likeness (QED) is 0.368. The molecule has 3 aliphatic heterocycles. The van der Waals surface area contributed by atoms with Crippen molar-refractivity contribution in [3.8, 4) is 5.75 Å². The van der Waals surface area contributed by atoms with Crippen molar-refractivity contribution in [3.05, 3.63) is 60.2 Å². The van der Waals surface area contributed by atoms with Crippen LogP contribution in [0, 0.1) is 5.92 Å². The number of nitrogens with one attached hydrogen (secondary N) is 1. The zero-order valence-corrected chi connectivity index (χ0v) is 27.4. The molecule has 0 bridgehead atoms. The average Bonchev–Trinajstić information content (AvgIpc) is 3.60. The molecule has 0 aliphatic carbocycles. The first-order valence-corrected chi connectivity index (χ1v) is 16.8. The summed E-state index contributed by atoms with van der Waals surface area (Å²) in [7, 11) is -2.68. The molecule has 0 aromatic heterocycles. The van der Waals surface area contributed by atoms with Crippen LogP contribution >= 0.6 is 0 Å². The number of amides is 2. The molecule has 5 atom stereocenters. The minimum Gasteiger partial charge on any atom is -0.497 e. The maximum Gasteiger partial charge on any atom is 0.410 e. The first-order valence-electron chi connectivity index (χ1n) is 15.4. The number of aliphatic hydroxyl groups is 1. The first-order chi connectivity index (χ1) is 21.8. The van der Waals surface area contributed by atoms with Crippen LogP contribution in [0.25, 0.3) is 0 Å². The van der Waals surface area contributed by atoms with Crippen LogP contribution in [0.1, 0.15) is 32.8 Å². The Morgan fingerprint density at radius 1 is 1.09 bits per heavy atom. The summed E-state index contributed by atoms with van der Waals surface area (Å²) < 4.78 is 56.7. The second-order valence-corrected chi connectivity index (χ2v) is 14.7. The fourth-order valence-electron chi connectivity index (χ4n) is 5.77. The highest BCUT2D eigenvalue weighted by molar-refractivity contribution is 7.89. The largest absolute Gasteiger partial charge is 0.497 e. The number of benzene rings is 2. The molecule has 0 spiro atoms. The van der Waals surface area contributed by atoms with E-state index < -0.39 is 58.4 Å². The summed E-state index contributed by atoms with van der Waals surface area (Å²) in [4.78, 5) is 27.2. The van der Waals surface area contributed by atoms with Gasteiger partial charge in [0.25, 0.3) is 0 Å². The number of carbonyl (C=O) groups excluding carboxylic acids is 2. The molecule has 13 nitrogen and oxygen atoms in total. The normalized spacial score (nSPS) is 22.9. The van der Waals surface area contributed by atoms with Crippen LogP contribution in [-0.2, 0) is 35.4 Å². The van der Waals surface area contributed by atoms with E-state index in [0.717, 1.165) is 5.56 Å². The van der Waals surface area contributed by atoms with Gasteiger partial charge in [-0.2, -0.15) is 4.31 Å². The summed E-state index contributed by atoms with van der Waals surface area (Å²) in [6, 6.07) is 13.6. The van der Waals surface area contributed by atoms with E-state index in [1.54, 1.807) is 20.8 Å². The van der Waals surface area contributed by atoms with Gasteiger partial charge in [-0.25, -0.2) is 18.0 Å². The molecule has 2 N–H and O–H groups in total. The molecule has 2 unspecified atom stereocenters. The molecule has 0 saturated carbocycles. The van der Waals surface area contributed by atoms with Crippen LogP contribution in [0.5, 0.6) is 5.75 Å². The van der Waals surface area contributed by atoms with Crippen molar-refractivity contribution in [2.45, 2.75) is 74.7 Å². The van der Waals surface area contributed by atoms with Gasteiger partial charge in [0.1, 0.15) is 17.5 Å². The Morgan fingerprint density at radius 3 is 2.43 bits per heavy atom. The number of aliphatic hydroxyl groups excluding tert-OH is 1. The highest BCUT2D eigenvalue weighted by Crippen LogP contribution is 2.33. The van der Waals surface area contributed by atoms with E-state index in [1.165, 1.54) is 40.6 Å². The van der Waals surface area contributed by atoms with E-state index >= 15 is 0 Å². The third-order valence-corrected chi connectivity index (χ3v) is 10.2. The number of nitrogens with zero attached hydrogens (tertiary/aromatic N) is 2. The lowest BCUT2D eigenvalue weighted by Crippen LogP contribution is -2.64. The van der Waals surface area contributed by atoms with Crippen LogP contribution in [0.4, 0.5) is 9.59 Å². The number of rotatable bonds is 11. The standard InChI is InChI=1S/C32H43N3O10S/c1-32(2,3)45-31(38)34-17-22(18-34)35(46(39,40)24-12-10-23(41-4)11-13-24)19-27(36)26(16-21-8-6-5-7-9-21)33-30(37)44-28-20-43-29-25(28)14-15-42-29/h5-13,22,25-29,36H,14-20H2,1-4H3,(H,33,37)/t25?,26-,27+,28?,29+/m0/s1. The summed E-state index contributed by atoms with van der Waals surface area (Å²) in [5, 5.41) is 14.4. The molecule has 3 saturated heterocycles. The maximum absolute atomic E-state index is 14.0. The minimum absolute atomic E-state index is 0.00207. The number of hydrogen-bond acceptors (Lipinski definition) is 10. The van der Waals surface area contributed by atoms with E-state index in [-0.39, 0.29) is 43.5 Å². The minimum atomic E-state index is -4.16. The molecule has 2 aromatic carbocycles. The Labute approximate surface area is 269 Å². The highest BCUT2D eigenvalue weighted by atomic mass is 32.2. The number of alkyl carbamates (subject to hydrolysis) is 1. The van der Waals surface area contributed by atoms with E-state index in [2.05, 4.69) is 5.32 Å². The molecular weight excluding hydrogens is 618 g/mol. The van der Waals surface area contributed by atoms with Gasteiger partial charge < -0.3 is 39.0 Å². The molecule has 14 heteroatoms. The Kier molecular flexibility index (Phi) is 10.4. The van der Waals surface area contributed by atoms with E-state index in [9.17, 15) is 23.1 Å². The van der Waals surface area contributed by atoms with Crippen molar-refractivity contribution >= 4 is 22.2 Å². The van der Waals surface area contributed by atoms with Crippen LogP contribution in [0.3, 0.4) is 0 Å². The molecule has 3 heterocycles. The maximum atomic E-state index is 14.0. The van der Waals surface area contributed by atoms with Gasteiger partial charge in [-0.15, -0.1) is 0 Å². The topological polar surface area (TPSA) is 153 Å². The van der Waals surface area contributed by atoms with Gasteiger partial charge in [-0.1, -0.05) is 30.3 Å². The van der Waals surface area contributed by atoms with Crippen molar-refractivity contribution in [2.24, 2.45) is 5.92 Å². The second kappa shape index (κ2) is 14.1. The predicted molar refractivity (Wildman–Crippen MR) is 166 cm³/mol. The van der Waals surface area contributed by atoms with Crippen molar-refractivity contribution in [1.82, 2.24) is 14.5 Å². The van der Waals surface area contributed by atoms with Crippen LogP contribution in [-0.4, -0.2) is 111 Å². The molecule has 2 aromatic rings.